The van der Waals surface area contributed by atoms with Crippen molar-refractivity contribution in [2.75, 3.05) is 6.54 Å². The van der Waals surface area contributed by atoms with Gasteiger partial charge in [0.05, 0.1) is 16.5 Å². The summed E-state index contributed by atoms with van der Waals surface area (Å²) in [6, 6.07) is 13.6. The van der Waals surface area contributed by atoms with Gasteiger partial charge in [0.25, 0.3) is 0 Å². The zero-order valence-corrected chi connectivity index (χ0v) is 12.8. The number of sulfonamides is 1. The molecule has 0 fully saturated rings. The highest BCUT2D eigenvalue weighted by Crippen LogP contribution is 2.19. The minimum absolute atomic E-state index is 0.0600. The third-order valence-corrected chi connectivity index (χ3v) is 5.12. The van der Waals surface area contributed by atoms with E-state index in [4.69, 9.17) is 5.26 Å². The SMILES string of the molecule is CCN(Cc1cccc(F)c1)S(=O)(=O)c1cccc(C#N)c1. The first-order valence-corrected chi connectivity index (χ1v) is 8.16. The predicted molar refractivity (Wildman–Crippen MR) is 80.8 cm³/mol. The Hall–Kier alpha value is -2.23. The molecular formula is C16H15FN2O2S. The van der Waals surface area contributed by atoms with Crippen molar-refractivity contribution < 1.29 is 12.8 Å². The van der Waals surface area contributed by atoms with E-state index >= 15 is 0 Å². The Bertz CT molecular complexity index is 813. The van der Waals surface area contributed by atoms with Crippen molar-refractivity contribution in [1.29, 1.82) is 5.26 Å². The molecule has 0 saturated carbocycles. The highest BCUT2D eigenvalue weighted by Gasteiger charge is 2.23. The summed E-state index contributed by atoms with van der Waals surface area (Å²) in [6.45, 7) is 2.04. The Kier molecular flexibility index (Phi) is 4.91. The average molecular weight is 318 g/mol. The molecule has 22 heavy (non-hydrogen) atoms. The molecule has 0 aliphatic heterocycles. The highest BCUT2D eigenvalue weighted by molar-refractivity contribution is 7.89. The summed E-state index contributed by atoms with van der Waals surface area (Å²) in [5.74, 6) is -0.405. The molecule has 2 aromatic carbocycles. The molecule has 0 spiro atoms. The molecule has 2 aromatic rings. The third kappa shape index (κ3) is 3.50. The maximum Gasteiger partial charge on any atom is 0.243 e. The summed E-state index contributed by atoms with van der Waals surface area (Å²) < 4.78 is 39.8. The van der Waals surface area contributed by atoms with E-state index in [1.54, 1.807) is 25.1 Å². The molecule has 0 saturated heterocycles. The van der Waals surface area contributed by atoms with Crippen LogP contribution in [0.5, 0.6) is 0 Å². The predicted octanol–water partition coefficient (Wildman–Crippen LogP) is 2.91. The van der Waals surface area contributed by atoms with Gasteiger partial charge in [0.15, 0.2) is 0 Å². The van der Waals surface area contributed by atoms with Gasteiger partial charge in [-0.05, 0) is 35.9 Å². The monoisotopic (exact) mass is 318 g/mol. The third-order valence-electron chi connectivity index (χ3n) is 3.20. The molecule has 6 heteroatoms. The van der Waals surface area contributed by atoms with E-state index in [0.29, 0.717) is 5.56 Å². The maximum atomic E-state index is 13.2. The molecule has 0 N–H and O–H groups in total. The van der Waals surface area contributed by atoms with E-state index in [9.17, 15) is 12.8 Å². The van der Waals surface area contributed by atoms with E-state index in [1.165, 1.54) is 34.6 Å². The number of hydrogen-bond acceptors (Lipinski definition) is 3. The summed E-state index contributed by atoms with van der Waals surface area (Å²) >= 11 is 0. The number of nitrogens with zero attached hydrogens (tertiary/aromatic N) is 2. The molecule has 0 bridgehead atoms. The van der Waals surface area contributed by atoms with Gasteiger partial charge in [-0.2, -0.15) is 9.57 Å². The van der Waals surface area contributed by atoms with Crippen LogP contribution in [-0.2, 0) is 16.6 Å². The van der Waals surface area contributed by atoms with E-state index in [0.717, 1.165) is 0 Å². The Labute approximate surface area is 129 Å². The lowest BCUT2D eigenvalue weighted by atomic mass is 10.2. The fraction of sp³-hybridized carbons (Fsp3) is 0.188. The lowest BCUT2D eigenvalue weighted by Crippen LogP contribution is -2.30. The van der Waals surface area contributed by atoms with E-state index in [2.05, 4.69) is 0 Å². The number of rotatable bonds is 5. The molecule has 0 aliphatic rings. The van der Waals surface area contributed by atoms with Crippen molar-refractivity contribution in [2.45, 2.75) is 18.4 Å². The first-order chi connectivity index (χ1) is 10.5. The molecule has 0 aromatic heterocycles. The van der Waals surface area contributed by atoms with Crippen LogP contribution in [-0.4, -0.2) is 19.3 Å². The Morgan fingerprint density at radius 1 is 1.18 bits per heavy atom. The average Bonchev–Trinajstić information content (AvgIpc) is 2.52. The van der Waals surface area contributed by atoms with Crippen LogP contribution in [0.15, 0.2) is 53.4 Å². The molecule has 0 radical (unpaired) electrons. The van der Waals surface area contributed by atoms with Gasteiger partial charge in [-0.1, -0.05) is 25.1 Å². The smallest absolute Gasteiger partial charge is 0.207 e. The zero-order chi connectivity index (χ0) is 16.2. The first kappa shape index (κ1) is 16.1. The summed E-state index contributed by atoms with van der Waals surface area (Å²) in [5.41, 5.74) is 0.852. The molecule has 0 atom stereocenters. The summed E-state index contributed by atoms with van der Waals surface area (Å²) in [5, 5.41) is 8.89. The highest BCUT2D eigenvalue weighted by atomic mass is 32.2. The van der Waals surface area contributed by atoms with Crippen LogP contribution in [0.4, 0.5) is 4.39 Å². The van der Waals surface area contributed by atoms with Crippen molar-refractivity contribution in [1.82, 2.24) is 4.31 Å². The van der Waals surface area contributed by atoms with Crippen LogP contribution in [0, 0.1) is 17.1 Å². The lowest BCUT2D eigenvalue weighted by molar-refractivity contribution is 0.422. The molecule has 4 nitrogen and oxygen atoms in total. The fourth-order valence-electron chi connectivity index (χ4n) is 2.08. The molecule has 2 rings (SSSR count). The van der Waals surface area contributed by atoms with Crippen LogP contribution >= 0.6 is 0 Å². The second-order valence-electron chi connectivity index (χ2n) is 4.70. The number of nitriles is 1. The van der Waals surface area contributed by atoms with Crippen LogP contribution in [0.2, 0.25) is 0 Å². The molecule has 114 valence electrons. The Morgan fingerprint density at radius 2 is 1.91 bits per heavy atom. The molecular weight excluding hydrogens is 303 g/mol. The summed E-state index contributed by atoms with van der Waals surface area (Å²) in [4.78, 5) is 0.0600. The Morgan fingerprint density at radius 3 is 2.55 bits per heavy atom. The van der Waals surface area contributed by atoms with Crippen LogP contribution in [0.25, 0.3) is 0 Å². The first-order valence-electron chi connectivity index (χ1n) is 6.72. The standard InChI is InChI=1S/C16H15FN2O2S/c1-2-19(12-14-6-3-7-15(17)9-14)22(20,21)16-8-4-5-13(10-16)11-18/h3-10H,2,12H2,1H3. The topological polar surface area (TPSA) is 61.2 Å². The largest absolute Gasteiger partial charge is 0.243 e. The van der Waals surface area contributed by atoms with E-state index in [1.807, 2.05) is 6.07 Å². The van der Waals surface area contributed by atoms with Crippen molar-refractivity contribution in [2.24, 2.45) is 0 Å². The zero-order valence-electron chi connectivity index (χ0n) is 12.0. The normalized spacial score (nSPS) is 11.4. The number of halogens is 1. The van der Waals surface area contributed by atoms with Crippen molar-refractivity contribution in [3.05, 3.63) is 65.5 Å². The van der Waals surface area contributed by atoms with Gasteiger partial charge in [-0.15, -0.1) is 0 Å². The molecule has 0 heterocycles. The lowest BCUT2D eigenvalue weighted by Gasteiger charge is -2.20. The molecule has 0 aliphatic carbocycles. The van der Waals surface area contributed by atoms with Crippen molar-refractivity contribution in [3.63, 3.8) is 0 Å². The Balaban J connectivity index is 2.34. The number of hydrogen-bond donors (Lipinski definition) is 0. The van der Waals surface area contributed by atoms with Crippen LogP contribution in [0.1, 0.15) is 18.1 Å². The minimum atomic E-state index is -3.73. The van der Waals surface area contributed by atoms with Crippen LogP contribution < -0.4 is 0 Å². The van der Waals surface area contributed by atoms with Gasteiger partial charge in [0, 0.05) is 13.1 Å². The van der Waals surface area contributed by atoms with E-state index < -0.39 is 15.8 Å². The van der Waals surface area contributed by atoms with Gasteiger partial charge in [0.2, 0.25) is 10.0 Å². The number of benzene rings is 2. The second kappa shape index (κ2) is 6.69. The summed E-state index contributed by atoms with van der Waals surface area (Å²) in [7, 11) is -3.73. The fourth-order valence-corrected chi connectivity index (χ4v) is 3.56. The summed E-state index contributed by atoms with van der Waals surface area (Å²) in [6.07, 6.45) is 0. The molecule has 0 unspecified atom stereocenters. The van der Waals surface area contributed by atoms with Gasteiger partial charge in [0.1, 0.15) is 5.82 Å². The quantitative estimate of drug-likeness (QED) is 0.851. The minimum Gasteiger partial charge on any atom is -0.207 e. The molecule has 0 amide bonds. The second-order valence-corrected chi connectivity index (χ2v) is 6.64. The van der Waals surface area contributed by atoms with Gasteiger partial charge < -0.3 is 0 Å². The van der Waals surface area contributed by atoms with Crippen molar-refractivity contribution in [3.8, 4) is 6.07 Å². The van der Waals surface area contributed by atoms with Crippen LogP contribution in [0.3, 0.4) is 0 Å². The van der Waals surface area contributed by atoms with Gasteiger partial charge >= 0.3 is 0 Å². The van der Waals surface area contributed by atoms with Gasteiger partial charge in [-0.25, -0.2) is 12.8 Å². The van der Waals surface area contributed by atoms with Gasteiger partial charge in [-0.3, -0.25) is 0 Å². The van der Waals surface area contributed by atoms with Crippen molar-refractivity contribution >= 4 is 10.0 Å². The maximum absolute atomic E-state index is 13.2. The van der Waals surface area contributed by atoms with E-state index in [-0.39, 0.29) is 23.5 Å².